The van der Waals surface area contributed by atoms with Crippen LogP contribution in [-0.4, -0.2) is 61.2 Å². The van der Waals surface area contributed by atoms with E-state index in [9.17, 15) is 5.26 Å². The van der Waals surface area contributed by atoms with Gasteiger partial charge in [-0.3, -0.25) is 5.32 Å². The molecule has 4 nitrogen and oxygen atoms in total. The van der Waals surface area contributed by atoms with Crippen LogP contribution in [0.4, 0.5) is 0 Å². The third-order valence-corrected chi connectivity index (χ3v) is 4.09. The van der Waals surface area contributed by atoms with Crippen molar-refractivity contribution < 1.29 is 0 Å². The predicted octanol–water partition coefficient (Wildman–Crippen LogP) is 1.05. The van der Waals surface area contributed by atoms with Crippen molar-refractivity contribution in [2.24, 2.45) is 0 Å². The molecular formula is C14H26N4. The summed E-state index contributed by atoms with van der Waals surface area (Å²) in [5.41, 5.74) is -0.312. The zero-order valence-electron chi connectivity index (χ0n) is 11.8. The number of nitrogens with zero attached hydrogens (tertiary/aromatic N) is 3. The molecule has 1 atom stereocenters. The highest BCUT2D eigenvalue weighted by Crippen LogP contribution is 2.24. The van der Waals surface area contributed by atoms with E-state index in [4.69, 9.17) is 0 Å². The van der Waals surface area contributed by atoms with Crippen LogP contribution in [-0.2, 0) is 0 Å². The zero-order chi connectivity index (χ0) is 13.0. The molecule has 1 N–H and O–H groups in total. The second-order valence-corrected chi connectivity index (χ2v) is 6.11. The highest BCUT2D eigenvalue weighted by atomic mass is 15.2. The van der Waals surface area contributed by atoms with Gasteiger partial charge in [0.2, 0.25) is 0 Å². The standard InChI is InChI=1S/C14H26N4/c1-14(12-15,16-13-4-5-13)6-3-7-18-10-8-17(2)9-11-18/h13,16H,3-11H2,1-2H3. The maximum absolute atomic E-state index is 9.30. The Morgan fingerprint density at radius 1 is 1.28 bits per heavy atom. The summed E-state index contributed by atoms with van der Waals surface area (Å²) in [6.07, 6.45) is 4.57. The predicted molar refractivity (Wildman–Crippen MR) is 73.3 cm³/mol. The fourth-order valence-electron chi connectivity index (χ4n) is 2.57. The fraction of sp³-hybridized carbons (Fsp3) is 0.929. The lowest BCUT2D eigenvalue weighted by atomic mass is 9.97. The molecule has 1 aliphatic heterocycles. The van der Waals surface area contributed by atoms with Crippen molar-refractivity contribution in [3.8, 4) is 6.07 Å². The van der Waals surface area contributed by atoms with Crippen molar-refractivity contribution in [3.63, 3.8) is 0 Å². The Labute approximate surface area is 111 Å². The summed E-state index contributed by atoms with van der Waals surface area (Å²) in [6.45, 7) is 7.89. The van der Waals surface area contributed by atoms with Crippen LogP contribution in [0, 0.1) is 11.3 Å². The molecule has 2 rings (SSSR count). The average Bonchev–Trinajstić information content (AvgIpc) is 3.15. The number of piperazine rings is 1. The van der Waals surface area contributed by atoms with Crippen molar-refractivity contribution in [2.75, 3.05) is 39.8 Å². The number of rotatable bonds is 6. The summed E-state index contributed by atoms with van der Waals surface area (Å²) in [7, 11) is 2.18. The van der Waals surface area contributed by atoms with Gasteiger partial charge in [0.15, 0.2) is 0 Å². The Morgan fingerprint density at radius 2 is 1.94 bits per heavy atom. The molecule has 0 spiro atoms. The van der Waals surface area contributed by atoms with E-state index >= 15 is 0 Å². The molecular weight excluding hydrogens is 224 g/mol. The fourth-order valence-corrected chi connectivity index (χ4v) is 2.57. The first-order valence-corrected chi connectivity index (χ1v) is 7.21. The highest BCUT2D eigenvalue weighted by molar-refractivity contribution is 5.07. The smallest absolute Gasteiger partial charge is 0.104 e. The number of nitriles is 1. The Kier molecular flexibility index (Phi) is 4.60. The van der Waals surface area contributed by atoms with Gasteiger partial charge in [0.1, 0.15) is 5.54 Å². The monoisotopic (exact) mass is 250 g/mol. The van der Waals surface area contributed by atoms with Gasteiger partial charge in [0, 0.05) is 32.2 Å². The van der Waals surface area contributed by atoms with Crippen LogP contribution in [0.5, 0.6) is 0 Å². The van der Waals surface area contributed by atoms with Gasteiger partial charge >= 0.3 is 0 Å². The lowest BCUT2D eigenvalue weighted by Crippen LogP contribution is -2.46. The van der Waals surface area contributed by atoms with E-state index in [1.54, 1.807) is 0 Å². The molecule has 1 saturated carbocycles. The molecule has 1 saturated heterocycles. The molecule has 0 bridgehead atoms. The minimum atomic E-state index is -0.312. The molecule has 0 aromatic carbocycles. The second-order valence-electron chi connectivity index (χ2n) is 6.11. The van der Waals surface area contributed by atoms with Gasteiger partial charge in [-0.15, -0.1) is 0 Å². The summed E-state index contributed by atoms with van der Waals surface area (Å²) in [5.74, 6) is 0. The molecule has 0 radical (unpaired) electrons. The Bertz CT molecular complexity index is 299. The van der Waals surface area contributed by atoms with Gasteiger partial charge in [0.05, 0.1) is 6.07 Å². The van der Waals surface area contributed by atoms with E-state index < -0.39 is 0 Å². The Balaban J connectivity index is 1.65. The second kappa shape index (κ2) is 6.01. The average molecular weight is 250 g/mol. The number of hydrogen-bond donors (Lipinski definition) is 1. The molecule has 1 aliphatic carbocycles. The first-order chi connectivity index (χ1) is 8.61. The molecule has 0 aromatic rings. The van der Waals surface area contributed by atoms with Crippen LogP contribution >= 0.6 is 0 Å². The third-order valence-electron chi connectivity index (χ3n) is 4.09. The van der Waals surface area contributed by atoms with Gasteiger partial charge in [-0.2, -0.15) is 5.26 Å². The highest BCUT2D eigenvalue weighted by Gasteiger charge is 2.32. The summed E-state index contributed by atoms with van der Waals surface area (Å²) in [6, 6.07) is 3.07. The van der Waals surface area contributed by atoms with Gasteiger partial charge in [-0.05, 0) is 46.2 Å². The van der Waals surface area contributed by atoms with Gasteiger partial charge in [-0.1, -0.05) is 0 Å². The van der Waals surface area contributed by atoms with Crippen LogP contribution in [0.3, 0.4) is 0 Å². The van der Waals surface area contributed by atoms with Gasteiger partial charge < -0.3 is 9.80 Å². The van der Waals surface area contributed by atoms with E-state index in [0.29, 0.717) is 6.04 Å². The SMILES string of the molecule is CN1CCN(CCCC(C)(C#N)NC2CC2)CC1. The summed E-state index contributed by atoms with van der Waals surface area (Å²) in [4.78, 5) is 4.90. The Hall–Kier alpha value is -0.630. The van der Waals surface area contributed by atoms with Gasteiger partial charge in [0.25, 0.3) is 0 Å². The van der Waals surface area contributed by atoms with Crippen LogP contribution in [0.2, 0.25) is 0 Å². The lowest BCUT2D eigenvalue weighted by molar-refractivity contribution is 0.149. The van der Waals surface area contributed by atoms with Crippen molar-refractivity contribution in [1.29, 1.82) is 5.26 Å². The maximum atomic E-state index is 9.30. The van der Waals surface area contributed by atoms with E-state index in [1.165, 1.54) is 39.0 Å². The van der Waals surface area contributed by atoms with E-state index in [0.717, 1.165) is 19.4 Å². The maximum Gasteiger partial charge on any atom is 0.104 e. The Morgan fingerprint density at radius 3 is 2.50 bits per heavy atom. The zero-order valence-corrected chi connectivity index (χ0v) is 11.8. The largest absolute Gasteiger partial charge is 0.304 e. The summed E-state index contributed by atoms with van der Waals surface area (Å²) >= 11 is 0. The molecule has 2 fully saturated rings. The van der Waals surface area contributed by atoms with Crippen LogP contribution in [0.1, 0.15) is 32.6 Å². The minimum absolute atomic E-state index is 0.312. The number of nitrogens with one attached hydrogen (secondary N) is 1. The summed E-state index contributed by atoms with van der Waals surface area (Å²) < 4.78 is 0. The van der Waals surface area contributed by atoms with Crippen LogP contribution in [0.15, 0.2) is 0 Å². The molecule has 1 unspecified atom stereocenters. The van der Waals surface area contributed by atoms with E-state index in [2.05, 4.69) is 35.2 Å². The lowest BCUT2D eigenvalue weighted by Gasteiger charge is -2.33. The van der Waals surface area contributed by atoms with E-state index in [-0.39, 0.29) is 5.54 Å². The topological polar surface area (TPSA) is 42.3 Å². The molecule has 18 heavy (non-hydrogen) atoms. The molecule has 0 amide bonds. The summed E-state index contributed by atoms with van der Waals surface area (Å²) in [5, 5.41) is 12.8. The van der Waals surface area contributed by atoms with Crippen LogP contribution < -0.4 is 5.32 Å². The molecule has 102 valence electrons. The first-order valence-electron chi connectivity index (χ1n) is 7.21. The van der Waals surface area contributed by atoms with Crippen molar-refractivity contribution in [3.05, 3.63) is 0 Å². The van der Waals surface area contributed by atoms with Crippen LogP contribution in [0.25, 0.3) is 0 Å². The molecule has 0 aromatic heterocycles. The molecule has 4 heteroatoms. The third kappa shape index (κ3) is 4.24. The van der Waals surface area contributed by atoms with E-state index in [1.807, 2.05) is 0 Å². The normalized spacial score (nSPS) is 25.6. The van der Waals surface area contributed by atoms with Crippen molar-refractivity contribution in [1.82, 2.24) is 15.1 Å². The van der Waals surface area contributed by atoms with Gasteiger partial charge in [-0.25, -0.2) is 0 Å². The number of likely N-dealkylation sites (N-methyl/N-ethyl adjacent to an activating group) is 1. The molecule has 2 aliphatic rings. The first kappa shape index (κ1) is 13.8. The minimum Gasteiger partial charge on any atom is -0.304 e. The van der Waals surface area contributed by atoms with Crippen molar-refractivity contribution >= 4 is 0 Å². The van der Waals surface area contributed by atoms with Crippen molar-refractivity contribution in [2.45, 2.75) is 44.2 Å². The quantitative estimate of drug-likeness (QED) is 0.765. The number of hydrogen-bond acceptors (Lipinski definition) is 4. The molecule has 1 heterocycles.